The fourth-order valence-corrected chi connectivity index (χ4v) is 5.32. The van der Waals surface area contributed by atoms with Crippen LogP contribution in [-0.2, 0) is 31.6 Å². The van der Waals surface area contributed by atoms with Gasteiger partial charge in [0.25, 0.3) is 0 Å². The molecule has 2 amide bonds. The van der Waals surface area contributed by atoms with E-state index in [9.17, 15) is 18.0 Å². The molecule has 0 saturated heterocycles. The molecule has 2 atom stereocenters. The van der Waals surface area contributed by atoms with Crippen LogP contribution in [0.1, 0.15) is 65.5 Å². The molecule has 0 unspecified atom stereocenters. The van der Waals surface area contributed by atoms with Crippen LogP contribution in [-0.4, -0.2) is 50.0 Å². The maximum atomic E-state index is 13.8. The summed E-state index contributed by atoms with van der Waals surface area (Å²) in [6.45, 7) is 11.3. The predicted molar refractivity (Wildman–Crippen MR) is 156 cm³/mol. The van der Waals surface area contributed by atoms with Gasteiger partial charge in [0.15, 0.2) is 0 Å². The predicted octanol–water partition coefficient (Wildman–Crippen LogP) is 5.78. The Morgan fingerprint density at radius 2 is 1.53 bits per heavy atom. The lowest BCUT2D eigenvalue weighted by Crippen LogP contribution is -2.53. The summed E-state index contributed by atoms with van der Waals surface area (Å²) in [6.07, 6.45) is 2.09. The Morgan fingerprint density at radius 3 is 1.97 bits per heavy atom. The van der Waals surface area contributed by atoms with Crippen molar-refractivity contribution in [1.82, 2.24) is 10.2 Å². The highest BCUT2D eigenvalue weighted by atomic mass is 35.5. The minimum Gasteiger partial charge on any atom is -0.352 e. The second-order valence-electron chi connectivity index (χ2n) is 10.5. The molecular formula is C28H39Cl2N3O4S. The molecule has 7 nitrogen and oxygen atoms in total. The van der Waals surface area contributed by atoms with Gasteiger partial charge in [-0.25, -0.2) is 8.42 Å². The molecule has 210 valence electrons. The first-order valence-corrected chi connectivity index (χ1v) is 15.3. The van der Waals surface area contributed by atoms with E-state index in [4.69, 9.17) is 23.2 Å². The van der Waals surface area contributed by atoms with Gasteiger partial charge in [-0.2, -0.15) is 0 Å². The highest BCUT2D eigenvalue weighted by molar-refractivity contribution is 7.92. The summed E-state index contributed by atoms with van der Waals surface area (Å²) in [4.78, 5) is 28.4. The summed E-state index contributed by atoms with van der Waals surface area (Å²) >= 11 is 12.8. The number of nitrogens with zero attached hydrogens (tertiary/aromatic N) is 2. The molecule has 0 aliphatic heterocycles. The van der Waals surface area contributed by atoms with Crippen LogP contribution in [0.5, 0.6) is 0 Å². The van der Waals surface area contributed by atoms with Crippen LogP contribution < -0.4 is 9.62 Å². The van der Waals surface area contributed by atoms with Crippen molar-refractivity contribution in [3.05, 3.63) is 63.6 Å². The zero-order chi connectivity index (χ0) is 28.8. The van der Waals surface area contributed by atoms with Crippen LogP contribution in [0.15, 0.2) is 42.5 Å². The Morgan fingerprint density at radius 1 is 0.974 bits per heavy atom. The lowest BCUT2D eigenvalue weighted by molar-refractivity contribution is -0.140. The maximum absolute atomic E-state index is 13.8. The van der Waals surface area contributed by atoms with E-state index in [0.29, 0.717) is 27.7 Å². The molecule has 2 aromatic carbocycles. The fraction of sp³-hybridized carbons (Fsp3) is 0.500. The van der Waals surface area contributed by atoms with E-state index in [2.05, 4.69) is 26.1 Å². The smallest absolute Gasteiger partial charge is 0.244 e. The SMILES string of the molecule is CC[C@@H](C)NC(=O)[C@H](CC)N(Cc1c(Cl)cccc1Cl)C(=O)CN(c1ccc(C(C)(C)C)cc1)S(C)(=O)=O. The van der Waals surface area contributed by atoms with Gasteiger partial charge in [0.05, 0.1) is 11.9 Å². The van der Waals surface area contributed by atoms with E-state index in [1.165, 1.54) is 4.90 Å². The number of anilines is 1. The Balaban J connectivity index is 2.51. The zero-order valence-corrected chi connectivity index (χ0v) is 25.5. The molecule has 0 bridgehead atoms. The molecule has 10 heteroatoms. The van der Waals surface area contributed by atoms with Gasteiger partial charge in [-0.05, 0) is 55.0 Å². The van der Waals surface area contributed by atoms with Crippen molar-refractivity contribution < 1.29 is 18.0 Å². The van der Waals surface area contributed by atoms with Gasteiger partial charge < -0.3 is 10.2 Å². The topological polar surface area (TPSA) is 86.8 Å². The fourth-order valence-electron chi connectivity index (χ4n) is 3.96. The third-order valence-corrected chi connectivity index (χ3v) is 8.33. The third kappa shape index (κ3) is 8.35. The van der Waals surface area contributed by atoms with E-state index in [-0.39, 0.29) is 23.9 Å². The number of carbonyl (C=O) groups excluding carboxylic acids is 2. The van der Waals surface area contributed by atoms with E-state index in [0.717, 1.165) is 22.5 Å². The number of halogens is 2. The number of sulfonamides is 1. The normalized spacial score (nSPS) is 13.5. The van der Waals surface area contributed by atoms with Crippen LogP contribution in [0.25, 0.3) is 0 Å². The van der Waals surface area contributed by atoms with E-state index < -0.39 is 28.5 Å². The lowest BCUT2D eigenvalue weighted by atomic mass is 9.87. The Kier molecular flexibility index (Phi) is 11.1. The Bertz CT molecular complexity index is 1210. The van der Waals surface area contributed by atoms with Crippen molar-refractivity contribution in [3.63, 3.8) is 0 Å². The van der Waals surface area contributed by atoms with Gasteiger partial charge in [-0.1, -0.05) is 76.0 Å². The molecule has 0 heterocycles. The largest absolute Gasteiger partial charge is 0.352 e. The van der Waals surface area contributed by atoms with Crippen LogP contribution in [0.3, 0.4) is 0 Å². The number of rotatable bonds is 11. The van der Waals surface area contributed by atoms with E-state index in [1.54, 1.807) is 37.3 Å². The minimum atomic E-state index is -3.83. The van der Waals surface area contributed by atoms with Crippen molar-refractivity contribution in [2.45, 2.75) is 78.4 Å². The maximum Gasteiger partial charge on any atom is 0.244 e. The second-order valence-corrected chi connectivity index (χ2v) is 13.3. The molecule has 0 fully saturated rings. The summed E-state index contributed by atoms with van der Waals surface area (Å²) in [5.41, 5.74) is 1.76. The summed E-state index contributed by atoms with van der Waals surface area (Å²) in [5.74, 6) is -0.865. The Hall–Kier alpha value is -2.29. The summed E-state index contributed by atoms with van der Waals surface area (Å²) in [6, 6.07) is 11.2. The van der Waals surface area contributed by atoms with Crippen LogP contribution in [0.4, 0.5) is 5.69 Å². The molecule has 0 aromatic heterocycles. The average Bonchev–Trinajstić information content (AvgIpc) is 2.82. The monoisotopic (exact) mass is 583 g/mol. The first-order valence-electron chi connectivity index (χ1n) is 12.7. The van der Waals surface area contributed by atoms with Gasteiger partial charge in [-0.3, -0.25) is 13.9 Å². The third-order valence-electron chi connectivity index (χ3n) is 6.48. The molecule has 0 aliphatic carbocycles. The van der Waals surface area contributed by atoms with Crippen molar-refractivity contribution in [2.75, 3.05) is 17.1 Å². The molecular weight excluding hydrogens is 545 g/mol. The molecule has 0 saturated carbocycles. The lowest BCUT2D eigenvalue weighted by Gasteiger charge is -2.34. The minimum absolute atomic E-state index is 0.0513. The summed E-state index contributed by atoms with van der Waals surface area (Å²) in [5, 5.41) is 3.64. The summed E-state index contributed by atoms with van der Waals surface area (Å²) in [7, 11) is -3.83. The van der Waals surface area contributed by atoms with Gasteiger partial charge >= 0.3 is 0 Å². The van der Waals surface area contributed by atoms with Crippen LogP contribution in [0, 0.1) is 0 Å². The molecule has 1 N–H and O–H groups in total. The quantitative estimate of drug-likeness (QED) is 0.363. The standard InChI is InChI=1S/C28H39Cl2N3O4S/c1-8-19(3)31-27(35)25(9-2)32(17-22-23(29)11-10-12-24(22)30)26(34)18-33(38(7,36)37)21-15-13-20(14-16-21)28(4,5)6/h10-16,19,25H,8-9,17-18H2,1-7H3,(H,31,35)/t19-,25+/m1/s1. The molecule has 2 aromatic rings. The number of hydrogen-bond acceptors (Lipinski definition) is 4. The molecule has 2 rings (SSSR count). The number of benzene rings is 2. The van der Waals surface area contributed by atoms with Crippen molar-refractivity contribution >= 4 is 50.7 Å². The average molecular weight is 585 g/mol. The molecule has 38 heavy (non-hydrogen) atoms. The van der Waals surface area contributed by atoms with Gasteiger partial charge in [0.2, 0.25) is 21.8 Å². The molecule has 0 aliphatic rings. The van der Waals surface area contributed by atoms with Gasteiger partial charge in [-0.15, -0.1) is 0 Å². The Labute approximate surface area is 237 Å². The highest BCUT2D eigenvalue weighted by Gasteiger charge is 2.33. The second kappa shape index (κ2) is 13.2. The molecule has 0 spiro atoms. The van der Waals surface area contributed by atoms with Crippen molar-refractivity contribution in [1.29, 1.82) is 0 Å². The van der Waals surface area contributed by atoms with E-state index >= 15 is 0 Å². The number of hydrogen-bond donors (Lipinski definition) is 1. The zero-order valence-electron chi connectivity index (χ0n) is 23.2. The van der Waals surface area contributed by atoms with Crippen molar-refractivity contribution in [3.8, 4) is 0 Å². The number of carbonyl (C=O) groups is 2. The number of nitrogens with one attached hydrogen (secondary N) is 1. The first kappa shape index (κ1) is 31.9. The first-order chi connectivity index (χ1) is 17.6. The molecule has 0 radical (unpaired) electrons. The number of amides is 2. The van der Waals surface area contributed by atoms with E-state index in [1.807, 2.05) is 26.0 Å². The van der Waals surface area contributed by atoms with Gasteiger partial charge in [0, 0.05) is 28.2 Å². The highest BCUT2D eigenvalue weighted by Crippen LogP contribution is 2.29. The van der Waals surface area contributed by atoms with Crippen molar-refractivity contribution in [2.24, 2.45) is 0 Å². The van der Waals surface area contributed by atoms with Gasteiger partial charge in [0.1, 0.15) is 12.6 Å². The van der Waals surface area contributed by atoms with Crippen LogP contribution in [0.2, 0.25) is 10.0 Å². The summed E-state index contributed by atoms with van der Waals surface area (Å²) < 4.78 is 26.7. The van der Waals surface area contributed by atoms with Crippen LogP contribution >= 0.6 is 23.2 Å².